The molecule has 0 bridgehead atoms. The molecule has 5 rings (SSSR count). The fraction of sp³-hybridized carbons (Fsp3) is 0.250. The molecule has 12 heteroatoms. The SMILES string of the molecule is C=Cc1c([N+](=O)[O-])cnc2c1c(-c1ccc(CN3CCC(S(C)(=O)=O)CC3)cc1)cn2S(=O)(=O)c1ccccc1. The van der Waals surface area contributed by atoms with Crippen LogP contribution in [-0.2, 0) is 26.4 Å². The van der Waals surface area contributed by atoms with Gasteiger partial charge in [0.2, 0.25) is 0 Å². The van der Waals surface area contributed by atoms with E-state index >= 15 is 0 Å². The third kappa shape index (κ3) is 5.17. The van der Waals surface area contributed by atoms with Gasteiger partial charge in [-0.15, -0.1) is 0 Å². The van der Waals surface area contributed by atoms with Crippen molar-refractivity contribution in [1.29, 1.82) is 0 Å². The number of rotatable bonds is 8. The third-order valence-electron chi connectivity index (χ3n) is 7.31. The molecule has 0 spiro atoms. The molecule has 1 aliphatic rings. The topological polar surface area (TPSA) is 132 Å². The number of pyridine rings is 1. The summed E-state index contributed by atoms with van der Waals surface area (Å²) in [5.74, 6) is 0. The summed E-state index contributed by atoms with van der Waals surface area (Å²) in [6.45, 7) is 5.76. The van der Waals surface area contributed by atoms with Crippen molar-refractivity contribution in [1.82, 2.24) is 13.9 Å². The summed E-state index contributed by atoms with van der Waals surface area (Å²) in [6, 6.07) is 15.4. The number of aromatic nitrogens is 2. The quantitative estimate of drug-likeness (QED) is 0.220. The van der Waals surface area contributed by atoms with E-state index in [2.05, 4.69) is 16.5 Å². The van der Waals surface area contributed by atoms with Crippen LogP contribution in [0.5, 0.6) is 0 Å². The van der Waals surface area contributed by atoms with Gasteiger partial charge >= 0.3 is 0 Å². The predicted molar refractivity (Wildman–Crippen MR) is 154 cm³/mol. The van der Waals surface area contributed by atoms with Gasteiger partial charge in [0.15, 0.2) is 5.65 Å². The predicted octanol–water partition coefficient (Wildman–Crippen LogP) is 4.50. The lowest BCUT2D eigenvalue weighted by atomic mass is 10.00. The maximum absolute atomic E-state index is 13.6. The maximum Gasteiger partial charge on any atom is 0.295 e. The highest BCUT2D eigenvalue weighted by Gasteiger charge is 2.28. The monoisotopic (exact) mass is 580 g/mol. The molecular weight excluding hydrogens is 552 g/mol. The van der Waals surface area contributed by atoms with Crippen molar-refractivity contribution < 1.29 is 21.8 Å². The molecule has 0 aliphatic carbocycles. The van der Waals surface area contributed by atoms with Crippen LogP contribution in [0, 0.1) is 10.1 Å². The Labute approximate surface area is 232 Å². The van der Waals surface area contributed by atoms with Gasteiger partial charge in [-0.3, -0.25) is 15.0 Å². The number of piperidine rings is 1. The zero-order valence-corrected chi connectivity index (χ0v) is 23.4. The molecule has 1 fully saturated rings. The van der Waals surface area contributed by atoms with Crippen molar-refractivity contribution in [3.05, 3.63) is 94.8 Å². The van der Waals surface area contributed by atoms with Gasteiger partial charge in [0.1, 0.15) is 16.0 Å². The molecular formula is C28H28N4O6S2. The number of benzene rings is 2. The molecule has 4 aromatic rings. The molecule has 1 saturated heterocycles. The molecule has 40 heavy (non-hydrogen) atoms. The van der Waals surface area contributed by atoms with Gasteiger partial charge in [-0.2, -0.15) is 0 Å². The van der Waals surface area contributed by atoms with Crippen molar-refractivity contribution >= 4 is 42.7 Å². The summed E-state index contributed by atoms with van der Waals surface area (Å²) in [6.07, 6.45) is 6.33. The first kappa shape index (κ1) is 27.7. The first-order valence-electron chi connectivity index (χ1n) is 12.6. The molecule has 10 nitrogen and oxygen atoms in total. The summed E-state index contributed by atoms with van der Waals surface area (Å²) in [5, 5.41) is 11.8. The van der Waals surface area contributed by atoms with Crippen LogP contribution in [0.25, 0.3) is 28.2 Å². The molecule has 0 N–H and O–H groups in total. The maximum atomic E-state index is 13.6. The van der Waals surface area contributed by atoms with Crippen molar-refractivity contribution in [2.24, 2.45) is 0 Å². The number of fused-ring (bicyclic) bond motifs is 1. The molecule has 0 radical (unpaired) electrons. The van der Waals surface area contributed by atoms with Crippen LogP contribution in [-0.4, -0.2) is 60.2 Å². The van der Waals surface area contributed by atoms with Crippen LogP contribution in [0.2, 0.25) is 0 Å². The Morgan fingerprint density at radius 1 is 1.05 bits per heavy atom. The minimum Gasteiger partial charge on any atom is -0.299 e. The highest BCUT2D eigenvalue weighted by molar-refractivity contribution is 7.91. The van der Waals surface area contributed by atoms with Crippen molar-refractivity contribution in [2.45, 2.75) is 29.5 Å². The number of sulfone groups is 1. The lowest BCUT2D eigenvalue weighted by molar-refractivity contribution is -0.385. The lowest BCUT2D eigenvalue weighted by Gasteiger charge is -2.31. The van der Waals surface area contributed by atoms with Crippen LogP contribution >= 0.6 is 0 Å². The Morgan fingerprint density at radius 2 is 1.70 bits per heavy atom. The zero-order chi connectivity index (χ0) is 28.7. The minimum absolute atomic E-state index is 0.0637. The molecule has 2 aromatic heterocycles. The van der Waals surface area contributed by atoms with E-state index in [-0.39, 0.29) is 27.0 Å². The van der Waals surface area contributed by atoms with E-state index in [1.807, 2.05) is 24.3 Å². The van der Waals surface area contributed by atoms with Crippen LogP contribution in [0.15, 0.2) is 78.5 Å². The average molecular weight is 581 g/mol. The van der Waals surface area contributed by atoms with Crippen molar-refractivity contribution in [3.63, 3.8) is 0 Å². The highest BCUT2D eigenvalue weighted by Crippen LogP contribution is 2.38. The highest BCUT2D eigenvalue weighted by atomic mass is 32.2. The van der Waals surface area contributed by atoms with Crippen LogP contribution in [0.1, 0.15) is 24.0 Å². The molecule has 0 saturated carbocycles. The lowest BCUT2D eigenvalue weighted by Crippen LogP contribution is -2.38. The van der Waals surface area contributed by atoms with Gasteiger partial charge in [0.25, 0.3) is 15.7 Å². The smallest absolute Gasteiger partial charge is 0.295 e. The fourth-order valence-electron chi connectivity index (χ4n) is 5.18. The Kier molecular flexibility index (Phi) is 7.34. The standard InChI is InChI=1S/C28H28N4O6S2/c1-3-24-26(32(33)34)17-29-28-27(24)25(19-31(28)40(37,38)23-7-5-4-6-8-23)21-11-9-20(10-12-21)18-30-15-13-22(14-16-30)39(2,35)36/h3-12,17,19,22H,1,13-16,18H2,2H3. The van der Waals surface area contributed by atoms with Crippen molar-refractivity contribution in [2.75, 3.05) is 19.3 Å². The molecule has 0 amide bonds. The van der Waals surface area contributed by atoms with E-state index in [1.165, 1.54) is 30.7 Å². The summed E-state index contributed by atoms with van der Waals surface area (Å²) in [4.78, 5) is 17.7. The van der Waals surface area contributed by atoms with Crippen LogP contribution in [0.3, 0.4) is 0 Å². The number of hydrogen-bond acceptors (Lipinski definition) is 8. The largest absolute Gasteiger partial charge is 0.299 e. The Bertz CT molecular complexity index is 1810. The summed E-state index contributed by atoms with van der Waals surface area (Å²) < 4.78 is 52.0. The first-order chi connectivity index (χ1) is 19.0. The Morgan fingerprint density at radius 3 is 2.27 bits per heavy atom. The fourth-order valence-corrected chi connectivity index (χ4v) is 7.59. The summed E-state index contributed by atoms with van der Waals surface area (Å²) >= 11 is 0. The zero-order valence-electron chi connectivity index (χ0n) is 21.8. The summed E-state index contributed by atoms with van der Waals surface area (Å²) in [5.41, 5.74) is 2.13. The molecule has 1 aliphatic heterocycles. The minimum atomic E-state index is -4.05. The average Bonchev–Trinajstić information content (AvgIpc) is 3.34. The van der Waals surface area contributed by atoms with Gasteiger partial charge in [0, 0.05) is 29.9 Å². The normalized spacial score (nSPS) is 15.3. The van der Waals surface area contributed by atoms with Crippen LogP contribution < -0.4 is 0 Å². The van der Waals surface area contributed by atoms with E-state index in [0.717, 1.165) is 15.7 Å². The van der Waals surface area contributed by atoms with E-state index < -0.39 is 24.8 Å². The second-order valence-electron chi connectivity index (χ2n) is 9.88. The number of likely N-dealkylation sites (tertiary alicyclic amines) is 1. The van der Waals surface area contributed by atoms with E-state index in [1.54, 1.807) is 18.2 Å². The Hall–Kier alpha value is -3.87. The summed E-state index contributed by atoms with van der Waals surface area (Å²) in [7, 11) is -7.10. The Balaban J connectivity index is 1.55. The third-order valence-corrected chi connectivity index (χ3v) is 10.7. The number of nitro groups is 1. The van der Waals surface area contributed by atoms with Crippen molar-refractivity contribution in [3.8, 4) is 11.1 Å². The molecule has 0 unspecified atom stereocenters. The molecule has 2 aromatic carbocycles. The second kappa shape index (κ2) is 10.6. The van der Waals surface area contributed by atoms with E-state index in [4.69, 9.17) is 0 Å². The van der Waals surface area contributed by atoms with Gasteiger partial charge in [-0.25, -0.2) is 25.8 Å². The van der Waals surface area contributed by atoms with E-state index in [0.29, 0.717) is 49.0 Å². The van der Waals surface area contributed by atoms with Crippen LogP contribution in [0.4, 0.5) is 5.69 Å². The first-order valence-corrected chi connectivity index (χ1v) is 16.0. The van der Waals surface area contributed by atoms with Gasteiger partial charge in [0.05, 0.1) is 20.6 Å². The molecule has 3 heterocycles. The van der Waals surface area contributed by atoms with E-state index in [9.17, 15) is 26.9 Å². The van der Waals surface area contributed by atoms with Gasteiger partial charge in [-0.1, -0.05) is 55.1 Å². The van der Waals surface area contributed by atoms with Gasteiger partial charge < -0.3 is 0 Å². The van der Waals surface area contributed by atoms with Gasteiger partial charge in [-0.05, 0) is 49.2 Å². The number of nitrogens with zero attached hydrogens (tertiary/aromatic N) is 4. The number of hydrogen-bond donors (Lipinski definition) is 0. The molecule has 0 atom stereocenters. The second-order valence-corrected chi connectivity index (χ2v) is 14.0. The molecule has 208 valence electrons.